The van der Waals surface area contributed by atoms with Crippen molar-refractivity contribution in [1.82, 2.24) is 14.5 Å². The average Bonchev–Trinajstić information content (AvgIpc) is 2.99. The van der Waals surface area contributed by atoms with Gasteiger partial charge >= 0.3 is 0 Å². The number of morpholine rings is 1. The topological polar surface area (TPSA) is 30.3 Å². The molecule has 4 nitrogen and oxygen atoms in total. The molecule has 3 rings (SSSR count). The average molecular weight is 317 g/mol. The van der Waals surface area contributed by atoms with Crippen LogP contribution in [-0.2, 0) is 11.3 Å². The molecule has 118 valence electrons. The normalized spacial score (nSPS) is 16.0. The fourth-order valence-electron chi connectivity index (χ4n) is 2.71. The molecule has 0 spiro atoms. The van der Waals surface area contributed by atoms with Gasteiger partial charge in [0.2, 0.25) is 0 Å². The zero-order valence-electron chi connectivity index (χ0n) is 13.1. The van der Waals surface area contributed by atoms with E-state index in [0.717, 1.165) is 50.3 Å². The van der Waals surface area contributed by atoms with Crippen molar-refractivity contribution in [3.8, 4) is 11.3 Å². The van der Waals surface area contributed by atoms with Crippen LogP contribution in [-0.4, -0.2) is 53.1 Å². The number of nitrogens with zero attached hydrogens (tertiary/aromatic N) is 3. The smallest absolute Gasteiger partial charge is 0.168 e. The monoisotopic (exact) mass is 317 g/mol. The highest BCUT2D eigenvalue weighted by Gasteiger charge is 2.13. The van der Waals surface area contributed by atoms with Crippen LogP contribution in [0.4, 0.5) is 0 Å². The first kappa shape index (κ1) is 15.6. The summed E-state index contributed by atoms with van der Waals surface area (Å²) in [6, 6.07) is 10.5. The van der Waals surface area contributed by atoms with Gasteiger partial charge in [-0.1, -0.05) is 42.1 Å². The maximum atomic E-state index is 5.39. The largest absolute Gasteiger partial charge is 0.379 e. The predicted octanol–water partition coefficient (Wildman–Crippen LogP) is 2.99. The van der Waals surface area contributed by atoms with Crippen LogP contribution in [0.2, 0.25) is 0 Å². The van der Waals surface area contributed by atoms with Crippen molar-refractivity contribution >= 4 is 11.8 Å². The van der Waals surface area contributed by atoms with Crippen molar-refractivity contribution in [2.24, 2.45) is 0 Å². The summed E-state index contributed by atoms with van der Waals surface area (Å²) in [5.74, 6) is 1.07. The zero-order valence-corrected chi connectivity index (χ0v) is 13.9. The fourth-order valence-corrected chi connectivity index (χ4v) is 3.75. The molecule has 0 saturated carbocycles. The Morgan fingerprint density at radius 3 is 2.68 bits per heavy atom. The molecule has 1 aromatic heterocycles. The Morgan fingerprint density at radius 1 is 1.18 bits per heavy atom. The number of rotatable bonds is 6. The number of aromatic nitrogens is 2. The van der Waals surface area contributed by atoms with Crippen molar-refractivity contribution in [2.45, 2.75) is 18.6 Å². The molecule has 2 aromatic rings. The van der Waals surface area contributed by atoms with Crippen LogP contribution in [0, 0.1) is 0 Å². The van der Waals surface area contributed by atoms with Gasteiger partial charge in [0.25, 0.3) is 0 Å². The molecule has 0 bridgehead atoms. The van der Waals surface area contributed by atoms with E-state index in [4.69, 9.17) is 4.74 Å². The third kappa shape index (κ3) is 3.72. The number of benzene rings is 1. The van der Waals surface area contributed by atoms with Gasteiger partial charge in [0.05, 0.1) is 25.1 Å². The molecule has 1 saturated heterocycles. The van der Waals surface area contributed by atoms with Crippen LogP contribution in [0.25, 0.3) is 11.3 Å². The van der Waals surface area contributed by atoms with Crippen molar-refractivity contribution in [2.75, 3.05) is 38.6 Å². The summed E-state index contributed by atoms with van der Waals surface area (Å²) < 4.78 is 7.69. The quantitative estimate of drug-likeness (QED) is 0.766. The van der Waals surface area contributed by atoms with E-state index >= 15 is 0 Å². The summed E-state index contributed by atoms with van der Waals surface area (Å²) in [6.45, 7) is 8.07. The van der Waals surface area contributed by atoms with E-state index in [2.05, 4.69) is 45.6 Å². The maximum Gasteiger partial charge on any atom is 0.168 e. The van der Waals surface area contributed by atoms with E-state index in [1.165, 1.54) is 11.3 Å². The minimum atomic E-state index is 0.867. The highest BCUT2D eigenvalue weighted by atomic mass is 32.2. The van der Waals surface area contributed by atoms with E-state index in [1.54, 1.807) is 0 Å². The molecule has 0 N–H and O–H groups in total. The highest BCUT2D eigenvalue weighted by Crippen LogP contribution is 2.25. The molecular weight excluding hydrogens is 294 g/mol. The minimum absolute atomic E-state index is 0.867. The predicted molar refractivity (Wildman–Crippen MR) is 91.3 cm³/mol. The summed E-state index contributed by atoms with van der Waals surface area (Å²) in [5.41, 5.74) is 2.44. The van der Waals surface area contributed by atoms with Crippen LogP contribution < -0.4 is 0 Å². The van der Waals surface area contributed by atoms with Gasteiger partial charge in [0, 0.05) is 31.9 Å². The first-order valence-corrected chi connectivity index (χ1v) is 8.91. The first-order valence-electron chi connectivity index (χ1n) is 7.92. The van der Waals surface area contributed by atoms with Crippen LogP contribution >= 0.6 is 11.8 Å². The molecule has 0 radical (unpaired) electrons. The van der Waals surface area contributed by atoms with Gasteiger partial charge in [-0.3, -0.25) is 4.90 Å². The van der Waals surface area contributed by atoms with E-state index in [0.29, 0.717) is 0 Å². The molecule has 1 aliphatic heterocycles. The zero-order chi connectivity index (χ0) is 15.2. The second-order valence-electron chi connectivity index (χ2n) is 5.34. The number of thioether (sulfide) groups is 1. The van der Waals surface area contributed by atoms with E-state index in [-0.39, 0.29) is 0 Å². The van der Waals surface area contributed by atoms with Crippen LogP contribution in [0.15, 0.2) is 41.7 Å². The number of ether oxygens (including phenoxy) is 1. The van der Waals surface area contributed by atoms with E-state index in [9.17, 15) is 0 Å². The minimum Gasteiger partial charge on any atom is -0.379 e. The summed E-state index contributed by atoms with van der Waals surface area (Å²) in [5, 5.41) is 1.12. The Hall–Kier alpha value is -1.30. The molecule has 2 heterocycles. The van der Waals surface area contributed by atoms with Gasteiger partial charge in [0.1, 0.15) is 0 Å². The summed E-state index contributed by atoms with van der Waals surface area (Å²) in [7, 11) is 0. The third-order valence-electron chi connectivity index (χ3n) is 3.95. The molecule has 5 heteroatoms. The van der Waals surface area contributed by atoms with Gasteiger partial charge in [-0.25, -0.2) is 4.98 Å². The van der Waals surface area contributed by atoms with Crippen LogP contribution in [0.1, 0.15) is 6.92 Å². The molecule has 1 aliphatic rings. The lowest BCUT2D eigenvalue weighted by Gasteiger charge is -2.26. The molecule has 1 fully saturated rings. The van der Waals surface area contributed by atoms with Gasteiger partial charge in [-0.2, -0.15) is 0 Å². The van der Waals surface area contributed by atoms with Crippen LogP contribution in [0.3, 0.4) is 0 Å². The second-order valence-corrected chi connectivity index (χ2v) is 6.40. The van der Waals surface area contributed by atoms with Gasteiger partial charge in [-0.15, -0.1) is 0 Å². The molecule has 22 heavy (non-hydrogen) atoms. The van der Waals surface area contributed by atoms with Gasteiger partial charge in [-0.05, 0) is 12.5 Å². The Labute approximate surface area is 136 Å². The second kappa shape index (κ2) is 7.81. The summed E-state index contributed by atoms with van der Waals surface area (Å²) in [6.07, 6.45) is 2.00. The summed E-state index contributed by atoms with van der Waals surface area (Å²) >= 11 is 1.85. The lowest BCUT2D eigenvalue weighted by Crippen LogP contribution is -2.37. The Morgan fingerprint density at radius 2 is 1.95 bits per heavy atom. The molecule has 0 unspecified atom stereocenters. The molecule has 1 aromatic carbocycles. The van der Waals surface area contributed by atoms with Gasteiger partial charge in [0.15, 0.2) is 5.16 Å². The van der Waals surface area contributed by atoms with E-state index < -0.39 is 0 Å². The fraction of sp³-hybridized carbons (Fsp3) is 0.471. The van der Waals surface area contributed by atoms with Crippen molar-refractivity contribution in [3.05, 3.63) is 36.5 Å². The third-order valence-corrected chi connectivity index (χ3v) is 4.92. The van der Waals surface area contributed by atoms with Crippen molar-refractivity contribution in [1.29, 1.82) is 0 Å². The van der Waals surface area contributed by atoms with Crippen molar-refractivity contribution in [3.63, 3.8) is 0 Å². The molecule has 0 amide bonds. The van der Waals surface area contributed by atoms with Crippen LogP contribution in [0.5, 0.6) is 0 Å². The molecule has 0 aliphatic carbocycles. The SMILES string of the molecule is CCn1c(-c2ccccc2)cnc1SCCN1CCOCC1. The van der Waals surface area contributed by atoms with Gasteiger partial charge < -0.3 is 9.30 Å². The molecular formula is C17H23N3OS. The Balaban J connectivity index is 1.63. The number of hydrogen-bond donors (Lipinski definition) is 0. The Bertz CT molecular complexity index is 579. The molecule has 0 atom stereocenters. The van der Waals surface area contributed by atoms with Crippen molar-refractivity contribution < 1.29 is 4.74 Å². The van der Waals surface area contributed by atoms with E-state index in [1.807, 2.05) is 24.0 Å². The lowest BCUT2D eigenvalue weighted by atomic mass is 10.2. The Kier molecular flexibility index (Phi) is 5.53. The maximum absolute atomic E-state index is 5.39. The first-order chi connectivity index (χ1) is 10.9. The number of imidazole rings is 1. The lowest BCUT2D eigenvalue weighted by molar-refractivity contribution is 0.0410. The summed E-state index contributed by atoms with van der Waals surface area (Å²) in [4.78, 5) is 7.09. The highest BCUT2D eigenvalue weighted by molar-refractivity contribution is 7.99. The number of hydrogen-bond acceptors (Lipinski definition) is 4. The standard InChI is InChI=1S/C17H23N3OS/c1-2-20-16(15-6-4-3-5-7-15)14-18-17(20)22-13-10-19-8-11-21-12-9-19/h3-7,14H,2,8-13H2,1H3.